The fourth-order valence-corrected chi connectivity index (χ4v) is 2.13. The maximum atomic E-state index is 12.1. The summed E-state index contributed by atoms with van der Waals surface area (Å²) in [7, 11) is 0. The molecule has 0 aliphatic heterocycles. The minimum Gasteiger partial charge on any atom is -0.345 e. The number of aromatic nitrogens is 4. The largest absolute Gasteiger partial charge is 0.345 e. The zero-order valence-electron chi connectivity index (χ0n) is 9.89. The Morgan fingerprint density at radius 1 is 1.20 bits per heavy atom. The number of fused-ring (bicyclic) bond motifs is 1. The fourth-order valence-electron chi connectivity index (χ4n) is 1.72. The molecule has 100 valence electrons. The van der Waals surface area contributed by atoms with Crippen LogP contribution < -0.4 is 5.32 Å². The second kappa shape index (κ2) is 5.07. The van der Waals surface area contributed by atoms with Crippen molar-refractivity contribution in [3.05, 3.63) is 46.6 Å². The number of amides is 1. The van der Waals surface area contributed by atoms with Crippen LogP contribution in [0.4, 0.5) is 5.82 Å². The van der Waals surface area contributed by atoms with Crippen LogP contribution >= 0.6 is 23.2 Å². The molecule has 0 saturated heterocycles. The van der Waals surface area contributed by atoms with Crippen molar-refractivity contribution in [1.29, 1.82) is 0 Å². The molecule has 1 aromatic carbocycles. The summed E-state index contributed by atoms with van der Waals surface area (Å²) in [6.07, 6.45) is 1.57. The molecule has 0 fully saturated rings. The van der Waals surface area contributed by atoms with E-state index in [0.717, 1.165) is 11.0 Å². The number of hydrogen-bond donors (Lipinski definition) is 2. The smallest absolute Gasteiger partial charge is 0.256 e. The zero-order valence-corrected chi connectivity index (χ0v) is 11.4. The van der Waals surface area contributed by atoms with Gasteiger partial charge >= 0.3 is 0 Å². The predicted molar refractivity (Wildman–Crippen MR) is 76.1 cm³/mol. The van der Waals surface area contributed by atoms with Crippen LogP contribution in [0.2, 0.25) is 10.4 Å². The first-order valence-electron chi connectivity index (χ1n) is 5.56. The van der Waals surface area contributed by atoms with E-state index in [0.29, 0.717) is 5.56 Å². The highest BCUT2D eigenvalue weighted by Crippen LogP contribution is 2.16. The van der Waals surface area contributed by atoms with Gasteiger partial charge in [0, 0.05) is 11.6 Å². The van der Waals surface area contributed by atoms with E-state index in [4.69, 9.17) is 23.2 Å². The molecule has 20 heavy (non-hydrogen) atoms. The Morgan fingerprint density at radius 3 is 2.85 bits per heavy atom. The predicted octanol–water partition coefficient (Wildman–Crippen LogP) is 2.91. The Morgan fingerprint density at radius 2 is 2.05 bits per heavy atom. The van der Waals surface area contributed by atoms with Crippen LogP contribution in [0.3, 0.4) is 0 Å². The van der Waals surface area contributed by atoms with E-state index in [1.165, 1.54) is 6.07 Å². The molecule has 6 nitrogen and oxygen atoms in total. The summed E-state index contributed by atoms with van der Waals surface area (Å²) in [6, 6.07) is 6.53. The average Bonchev–Trinajstić information content (AvgIpc) is 2.84. The molecule has 0 spiro atoms. The van der Waals surface area contributed by atoms with E-state index < -0.39 is 0 Å². The third-order valence-corrected chi connectivity index (χ3v) is 2.95. The number of nitrogens with zero attached hydrogens (tertiary/aromatic N) is 3. The second-order valence-electron chi connectivity index (χ2n) is 3.93. The number of hydrogen-bond acceptors (Lipinski definition) is 4. The van der Waals surface area contributed by atoms with Gasteiger partial charge in [0.05, 0.1) is 17.4 Å². The van der Waals surface area contributed by atoms with Gasteiger partial charge in [-0.25, -0.2) is 15.0 Å². The average molecular weight is 308 g/mol. The first-order chi connectivity index (χ1) is 9.61. The summed E-state index contributed by atoms with van der Waals surface area (Å²) in [5.41, 5.74) is 2.03. The van der Waals surface area contributed by atoms with E-state index >= 15 is 0 Å². The quantitative estimate of drug-likeness (QED) is 0.563. The summed E-state index contributed by atoms with van der Waals surface area (Å²) in [5.74, 6) is -0.0861. The molecule has 3 aromatic rings. The number of halogens is 2. The van der Waals surface area contributed by atoms with Gasteiger partial charge in [0.2, 0.25) is 5.28 Å². The van der Waals surface area contributed by atoms with E-state index in [2.05, 4.69) is 25.3 Å². The minimum absolute atomic E-state index is 0.0307. The number of rotatable bonds is 2. The third kappa shape index (κ3) is 2.56. The van der Waals surface area contributed by atoms with E-state index in [1.54, 1.807) is 24.5 Å². The van der Waals surface area contributed by atoms with Crippen molar-refractivity contribution >= 4 is 46.0 Å². The lowest BCUT2D eigenvalue weighted by atomic mass is 10.2. The van der Waals surface area contributed by atoms with Crippen LogP contribution in [0.15, 0.2) is 30.6 Å². The van der Waals surface area contributed by atoms with Gasteiger partial charge < -0.3 is 10.3 Å². The summed E-state index contributed by atoms with van der Waals surface area (Å²) < 4.78 is 0. The normalized spacial score (nSPS) is 10.7. The Bertz CT molecular complexity index is 781. The van der Waals surface area contributed by atoms with E-state index in [-0.39, 0.29) is 22.2 Å². The van der Waals surface area contributed by atoms with Gasteiger partial charge in [-0.1, -0.05) is 11.6 Å². The van der Waals surface area contributed by atoms with Crippen LogP contribution in [-0.2, 0) is 0 Å². The molecule has 0 aliphatic rings. The Kier molecular flexibility index (Phi) is 3.25. The molecule has 0 bridgehead atoms. The number of benzene rings is 1. The van der Waals surface area contributed by atoms with Gasteiger partial charge in [-0.3, -0.25) is 4.79 Å². The lowest BCUT2D eigenvalue weighted by Crippen LogP contribution is -2.13. The van der Waals surface area contributed by atoms with Crippen molar-refractivity contribution in [2.24, 2.45) is 0 Å². The van der Waals surface area contributed by atoms with Gasteiger partial charge in [-0.2, -0.15) is 0 Å². The summed E-state index contributed by atoms with van der Waals surface area (Å²) in [6.45, 7) is 0. The molecule has 0 atom stereocenters. The third-order valence-electron chi connectivity index (χ3n) is 2.59. The monoisotopic (exact) mass is 307 g/mol. The van der Waals surface area contributed by atoms with E-state index in [1.807, 2.05) is 0 Å². The zero-order chi connectivity index (χ0) is 14.1. The van der Waals surface area contributed by atoms with Crippen LogP contribution in [0.1, 0.15) is 10.4 Å². The molecule has 3 rings (SSSR count). The lowest BCUT2D eigenvalue weighted by molar-refractivity contribution is 0.102. The minimum atomic E-state index is -0.327. The first-order valence-corrected chi connectivity index (χ1v) is 6.32. The molecular weight excluding hydrogens is 301 g/mol. The molecule has 2 aromatic heterocycles. The Hall–Kier alpha value is -2.18. The first kappa shape index (κ1) is 12.8. The standard InChI is InChI=1S/C12H7Cl2N5O/c13-9-4-10(19-12(14)17-9)18-11(20)6-1-2-7-8(3-6)16-5-15-7/h1-5H,(H,15,16)(H,17,18,19,20). The highest BCUT2D eigenvalue weighted by atomic mass is 35.5. The Balaban J connectivity index is 1.88. The second-order valence-corrected chi connectivity index (χ2v) is 4.66. The van der Waals surface area contributed by atoms with Crippen molar-refractivity contribution in [2.75, 3.05) is 5.32 Å². The molecule has 2 N–H and O–H groups in total. The van der Waals surface area contributed by atoms with E-state index in [9.17, 15) is 4.79 Å². The van der Waals surface area contributed by atoms with Gasteiger partial charge in [-0.05, 0) is 29.8 Å². The SMILES string of the molecule is O=C(Nc1cc(Cl)nc(Cl)n1)c1ccc2nc[nH]c2c1. The number of H-pyrrole nitrogens is 1. The van der Waals surface area contributed by atoms with Crippen molar-refractivity contribution in [2.45, 2.75) is 0 Å². The number of aromatic amines is 1. The number of carbonyl (C=O) groups excluding carboxylic acids is 1. The number of nitrogens with one attached hydrogen (secondary N) is 2. The van der Waals surface area contributed by atoms with Gasteiger partial charge in [0.1, 0.15) is 11.0 Å². The van der Waals surface area contributed by atoms with Gasteiger partial charge in [0.15, 0.2) is 0 Å². The van der Waals surface area contributed by atoms with Crippen molar-refractivity contribution < 1.29 is 4.79 Å². The number of carbonyl (C=O) groups is 1. The van der Waals surface area contributed by atoms with Crippen LogP contribution in [0.25, 0.3) is 11.0 Å². The molecule has 0 radical (unpaired) electrons. The van der Waals surface area contributed by atoms with Crippen molar-refractivity contribution in [1.82, 2.24) is 19.9 Å². The van der Waals surface area contributed by atoms with Crippen molar-refractivity contribution in [3.63, 3.8) is 0 Å². The molecule has 0 saturated carbocycles. The van der Waals surface area contributed by atoms with Crippen molar-refractivity contribution in [3.8, 4) is 0 Å². The number of anilines is 1. The summed E-state index contributed by atoms with van der Waals surface area (Å²) in [5, 5.41) is 2.73. The topological polar surface area (TPSA) is 83.6 Å². The number of imidazole rings is 1. The maximum absolute atomic E-state index is 12.1. The van der Waals surface area contributed by atoms with Gasteiger partial charge in [-0.15, -0.1) is 0 Å². The lowest BCUT2D eigenvalue weighted by Gasteiger charge is -2.05. The summed E-state index contributed by atoms with van der Waals surface area (Å²) >= 11 is 11.4. The molecular formula is C12H7Cl2N5O. The maximum Gasteiger partial charge on any atom is 0.256 e. The highest BCUT2D eigenvalue weighted by Gasteiger charge is 2.10. The molecule has 2 heterocycles. The fraction of sp³-hybridized carbons (Fsp3) is 0. The highest BCUT2D eigenvalue weighted by molar-refractivity contribution is 6.32. The molecule has 1 amide bonds. The Labute approximate surface area is 123 Å². The van der Waals surface area contributed by atoms with Gasteiger partial charge in [0.25, 0.3) is 5.91 Å². The molecule has 0 aliphatic carbocycles. The molecule has 0 unspecified atom stereocenters. The molecule has 8 heteroatoms. The summed E-state index contributed by atoms with van der Waals surface area (Å²) in [4.78, 5) is 26.7. The van der Waals surface area contributed by atoms with Crippen LogP contribution in [-0.4, -0.2) is 25.8 Å². The van der Waals surface area contributed by atoms with Crippen LogP contribution in [0, 0.1) is 0 Å². The van der Waals surface area contributed by atoms with Crippen LogP contribution in [0.5, 0.6) is 0 Å².